The van der Waals surface area contributed by atoms with Crippen LogP contribution >= 0.6 is 11.3 Å². The molecule has 2 aliphatic carbocycles. The molecule has 0 aliphatic heterocycles. The minimum Gasteiger partial charge on any atom is -0.481 e. The van der Waals surface area contributed by atoms with Gasteiger partial charge in [0.2, 0.25) is 0 Å². The van der Waals surface area contributed by atoms with Crippen LogP contribution in [0.2, 0.25) is 0 Å². The van der Waals surface area contributed by atoms with E-state index in [9.17, 15) is 4.79 Å². The third-order valence-corrected chi connectivity index (χ3v) is 5.59. The normalized spacial score (nSPS) is 17.5. The largest absolute Gasteiger partial charge is 0.481 e. The number of hydrogen-bond acceptors (Lipinski definition) is 5. The van der Waals surface area contributed by atoms with Crippen LogP contribution in [0.1, 0.15) is 54.3 Å². The Labute approximate surface area is 132 Å². The topological polar surface area (TPSA) is 75.1 Å². The van der Waals surface area contributed by atoms with Gasteiger partial charge in [-0.1, -0.05) is 0 Å². The molecule has 2 aliphatic rings. The van der Waals surface area contributed by atoms with E-state index >= 15 is 0 Å². The number of hydrogen-bond donors (Lipinski definition) is 2. The lowest BCUT2D eigenvalue weighted by Gasteiger charge is -2.13. The molecule has 2 aromatic rings. The fourth-order valence-electron chi connectivity index (χ4n) is 3.11. The molecule has 0 unspecified atom stereocenters. The molecule has 22 heavy (non-hydrogen) atoms. The summed E-state index contributed by atoms with van der Waals surface area (Å²) in [6.07, 6.45) is 7.16. The molecule has 1 fully saturated rings. The number of carbonyl (C=O) groups is 1. The Morgan fingerprint density at radius 3 is 2.86 bits per heavy atom. The number of anilines is 1. The van der Waals surface area contributed by atoms with E-state index in [1.165, 1.54) is 36.1 Å². The highest BCUT2D eigenvalue weighted by Gasteiger charge is 2.29. The molecule has 0 radical (unpaired) electrons. The number of aliphatic carboxylic acids is 1. The zero-order chi connectivity index (χ0) is 15.1. The summed E-state index contributed by atoms with van der Waals surface area (Å²) in [5.74, 6) is 1.51. The van der Waals surface area contributed by atoms with E-state index in [1.54, 1.807) is 11.3 Å². The molecule has 0 bridgehead atoms. The van der Waals surface area contributed by atoms with Crippen molar-refractivity contribution in [1.82, 2.24) is 9.97 Å². The summed E-state index contributed by atoms with van der Waals surface area (Å²) >= 11 is 1.81. The average molecular weight is 317 g/mol. The second kappa shape index (κ2) is 5.50. The Morgan fingerprint density at radius 1 is 1.27 bits per heavy atom. The van der Waals surface area contributed by atoms with Gasteiger partial charge in [-0.15, -0.1) is 11.3 Å². The summed E-state index contributed by atoms with van der Waals surface area (Å²) in [7, 11) is 0. The predicted molar refractivity (Wildman–Crippen MR) is 86.8 cm³/mol. The van der Waals surface area contributed by atoms with Crippen molar-refractivity contribution in [2.45, 2.75) is 50.9 Å². The molecule has 0 spiro atoms. The van der Waals surface area contributed by atoms with Gasteiger partial charge in [-0.3, -0.25) is 4.79 Å². The van der Waals surface area contributed by atoms with E-state index < -0.39 is 5.97 Å². The number of aromatic nitrogens is 2. The van der Waals surface area contributed by atoms with Crippen LogP contribution in [0.15, 0.2) is 0 Å². The van der Waals surface area contributed by atoms with Crippen molar-refractivity contribution < 1.29 is 9.90 Å². The molecule has 2 N–H and O–H groups in total. The number of rotatable bonds is 5. The molecule has 0 atom stereocenters. The summed E-state index contributed by atoms with van der Waals surface area (Å²) in [5.41, 5.74) is 1.39. The van der Waals surface area contributed by atoms with Crippen molar-refractivity contribution in [1.29, 1.82) is 0 Å². The number of thiophene rings is 1. The van der Waals surface area contributed by atoms with Crippen molar-refractivity contribution in [3.05, 3.63) is 16.3 Å². The van der Waals surface area contributed by atoms with Crippen molar-refractivity contribution in [2.75, 3.05) is 11.9 Å². The van der Waals surface area contributed by atoms with Gasteiger partial charge in [0.15, 0.2) is 0 Å². The van der Waals surface area contributed by atoms with Gasteiger partial charge in [-0.05, 0) is 44.1 Å². The van der Waals surface area contributed by atoms with E-state index in [4.69, 9.17) is 15.1 Å². The third-order valence-electron chi connectivity index (χ3n) is 4.41. The van der Waals surface area contributed by atoms with E-state index in [-0.39, 0.29) is 6.42 Å². The van der Waals surface area contributed by atoms with Gasteiger partial charge in [0, 0.05) is 17.3 Å². The van der Waals surface area contributed by atoms with Gasteiger partial charge in [-0.2, -0.15) is 0 Å². The Balaban J connectivity index is 1.76. The maximum absolute atomic E-state index is 10.8. The van der Waals surface area contributed by atoms with Crippen molar-refractivity contribution in [2.24, 2.45) is 0 Å². The van der Waals surface area contributed by atoms with Crippen LogP contribution in [0.4, 0.5) is 5.82 Å². The fraction of sp³-hybridized carbons (Fsp3) is 0.562. The Kier molecular flexibility index (Phi) is 3.48. The van der Waals surface area contributed by atoms with Gasteiger partial charge >= 0.3 is 5.97 Å². The molecule has 1 saturated carbocycles. The van der Waals surface area contributed by atoms with Crippen LogP contribution < -0.4 is 5.32 Å². The third kappa shape index (κ3) is 2.56. The minimum atomic E-state index is -0.785. The molecule has 0 aromatic carbocycles. The maximum atomic E-state index is 10.8. The standard InChI is InChI=1S/C16H19N3O2S/c20-12(21)7-8-17-15-13-10-3-1-2-4-11(10)22-16(13)19-14(18-15)9-5-6-9/h9H,1-8H2,(H,20,21)(H,17,18,19). The highest BCUT2D eigenvalue weighted by molar-refractivity contribution is 7.19. The zero-order valence-electron chi connectivity index (χ0n) is 12.4. The van der Waals surface area contributed by atoms with Gasteiger partial charge in [-0.25, -0.2) is 9.97 Å². The molecule has 0 amide bonds. The second-order valence-electron chi connectivity index (χ2n) is 6.17. The molecule has 6 heteroatoms. The highest BCUT2D eigenvalue weighted by Crippen LogP contribution is 2.43. The van der Waals surface area contributed by atoms with Crippen molar-refractivity contribution in [3.8, 4) is 0 Å². The van der Waals surface area contributed by atoms with E-state index in [1.807, 2.05) is 0 Å². The first kappa shape index (κ1) is 13.9. The van der Waals surface area contributed by atoms with E-state index in [0.29, 0.717) is 12.5 Å². The number of fused-ring (bicyclic) bond motifs is 3. The van der Waals surface area contributed by atoms with E-state index in [0.717, 1.165) is 34.7 Å². The first-order valence-corrected chi connectivity index (χ1v) is 8.82. The summed E-state index contributed by atoms with van der Waals surface area (Å²) in [5, 5.41) is 13.2. The quantitative estimate of drug-likeness (QED) is 0.884. The lowest BCUT2D eigenvalue weighted by atomic mass is 9.97. The van der Waals surface area contributed by atoms with Crippen LogP contribution in [0.25, 0.3) is 10.2 Å². The molecule has 2 heterocycles. The number of carboxylic acids is 1. The SMILES string of the molecule is O=C(O)CCNc1nc(C2CC2)nc2sc3c(c12)CCCC3. The van der Waals surface area contributed by atoms with Crippen LogP contribution in [-0.4, -0.2) is 27.6 Å². The number of nitrogens with one attached hydrogen (secondary N) is 1. The van der Waals surface area contributed by atoms with Gasteiger partial charge < -0.3 is 10.4 Å². The molecule has 0 saturated heterocycles. The van der Waals surface area contributed by atoms with Gasteiger partial charge in [0.1, 0.15) is 16.5 Å². The van der Waals surface area contributed by atoms with E-state index in [2.05, 4.69) is 5.32 Å². The summed E-state index contributed by atoms with van der Waals surface area (Å²) in [6, 6.07) is 0. The molecular weight excluding hydrogens is 298 g/mol. The summed E-state index contributed by atoms with van der Waals surface area (Å²) < 4.78 is 0. The van der Waals surface area contributed by atoms with Crippen LogP contribution in [0.5, 0.6) is 0 Å². The van der Waals surface area contributed by atoms with Crippen LogP contribution in [-0.2, 0) is 17.6 Å². The Morgan fingerprint density at radius 2 is 2.09 bits per heavy atom. The van der Waals surface area contributed by atoms with Crippen LogP contribution in [0.3, 0.4) is 0 Å². The highest BCUT2D eigenvalue weighted by atomic mass is 32.1. The Bertz CT molecular complexity index is 737. The molecular formula is C16H19N3O2S. The van der Waals surface area contributed by atoms with Crippen LogP contribution in [0, 0.1) is 0 Å². The van der Waals surface area contributed by atoms with Crippen molar-refractivity contribution >= 4 is 33.3 Å². The molecule has 2 aromatic heterocycles. The smallest absolute Gasteiger partial charge is 0.305 e. The predicted octanol–water partition coefficient (Wildman–Crippen LogP) is 3.33. The minimum absolute atomic E-state index is 0.108. The number of carboxylic acid groups (broad SMARTS) is 1. The van der Waals surface area contributed by atoms with Gasteiger partial charge in [0.25, 0.3) is 0 Å². The van der Waals surface area contributed by atoms with Crippen molar-refractivity contribution in [3.63, 3.8) is 0 Å². The number of aryl methyl sites for hydroxylation is 2. The lowest BCUT2D eigenvalue weighted by Crippen LogP contribution is -2.10. The number of nitrogens with zero attached hydrogens (tertiary/aromatic N) is 2. The molecule has 5 nitrogen and oxygen atoms in total. The summed E-state index contributed by atoms with van der Waals surface area (Å²) in [6.45, 7) is 0.413. The average Bonchev–Trinajstić information content (AvgIpc) is 3.27. The monoisotopic (exact) mass is 317 g/mol. The first-order chi connectivity index (χ1) is 10.7. The molecule has 4 rings (SSSR count). The van der Waals surface area contributed by atoms with Gasteiger partial charge in [0.05, 0.1) is 11.8 Å². The zero-order valence-corrected chi connectivity index (χ0v) is 13.2. The summed E-state index contributed by atoms with van der Waals surface area (Å²) in [4.78, 5) is 22.8. The molecule has 116 valence electrons. The maximum Gasteiger partial charge on any atom is 0.305 e. The second-order valence-corrected chi connectivity index (χ2v) is 7.25. The lowest BCUT2D eigenvalue weighted by molar-refractivity contribution is -0.136. The fourth-order valence-corrected chi connectivity index (χ4v) is 4.38. The Hall–Kier alpha value is -1.69. The first-order valence-electron chi connectivity index (χ1n) is 8.00.